The van der Waals surface area contributed by atoms with Gasteiger partial charge >= 0.3 is 6.18 Å². The van der Waals surface area contributed by atoms with Gasteiger partial charge in [-0.1, -0.05) is 11.6 Å². The Morgan fingerprint density at radius 1 is 1.30 bits per heavy atom. The number of carbonyl (C=O) groups is 2. The molecule has 3 N–H and O–H groups in total. The molecule has 1 aromatic carbocycles. The van der Waals surface area contributed by atoms with Crippen LogP contribution in [0.4, 0.5) is 18.2 Å². The second kappa shape index (κ2) is 7.73. The molecule has 2 aromatic rings. The first-order valence-electron chi connectivity index (χ1n) is 7.90. The summed E-state index contributed by atoms with van der Waals surface area (Å²) in [5.74, 6) is -1.13. The summed E-state index contributed by atoms with van der Waals surface area (Å²) < 4.78 is 38.7. The van der Waals surface area contributed by atoms with Crippen LogP contribution in [0.5, 0.6) is 0 Å². The summed E-state index contributed by atoms with van der Waals surface area (Å²) in [6, 6.07) is 3.48. The molecular weight excluding hydrogens is 421 g/mol. The van der Waals surface area contributed by atoms with Gasteiger partial charge in [0.05, 0.1) is 21.9 Å². The van der Waals surface area contributed by atoms with Gasteiger partial charge in [0.2, 0.25) is 5.91 Å². The van der Waals surface area contributed by atoms with E-state index in [1.165, 1.54) is 17.4 Å². The lowest BCUT2D eigenvalue weighted by atomic mass is 10.1. The van der Waals surface area contributed by atoms with E-state index in [1.54, 1.807) is 0 Å². The topological polar surface area (TPSA) is 72.2 Å². The van der Waals surface area contributed by atoms with Crippen molar-refractivity contribution in [3.05, 3.63) is 44.8 Å². The monoisotopic (exact) mass is 434 g/mol. The number of halogens is 4. The molecule has 0 spiro atoms. The maximum atomic E-state index is 12.9. The Labute approximate surface area is 166 Å². The van der Waals surface area contributed by atoms with Gasteiger partial charge in [-0.3, -0.25) is 9.59 Å². The Balaban J connectivity index is 1.69. The number of thioether (sulfide) groups is 1. The summed E-state index contributed by atoms with van der Waals surface area (Å²) in [5, 5.41) is 2.67. The quantitative estimate of drug-likeness (QED) is 0.668. The number of nitrogens with one attached hydrogen (secondary N) is 1. The van der Waals surface area contributed by atoms with Crippen LogP contribution in [0.2, 0.25) is 5.02 Å². The van der Waals surface area contributed by atoms with Crippen molar-refractivity contribution >= 4 is 51.5 Å². The highest BCUT2D eigenvalue weighted by atomic mass is 35.5. The number of carbonyl (C=O) groups excluding carboxylic acids is 2. The number of primary amides is 1. The summed E-state index contributed by atoms with van der Waals surface area (Å²) in [5.41, 5.74) is 5.73. The van der Waals surface area contributed by atoms with E-state index in [1.807, 2.05) is 0 Å². The van der Waals surface area contributed by atoms with E-state index in [0.29, 0.717) is 10.6 Å². The van der Waals surface area contributed by atoms with Gasteiger partial charge in [0, 0.05) is 9.77 Å². The van der Waals surface area contributed by atoms with Crippen LogP contribution >= 0.6 is 34.7 Å². The fourth-order valence-corrected chi connectivity index (χ4v) is 5.15. The van der Waals surface area contributed by atoms with Crippen LogP contribution < -0.4 is 11.1 Å². The highest BCUT2D eigenvalue weighted by molar-refractivity contribution is 8.00. The number of nitrogens with two attached hydrogens (primary N) is 1. The van der Waals surface area contributed by atoms with E-state index in [0.717, 1.165) is 53.6 Å². The molecule has 10 heteroatoms. The molecule has 0 saturated heterocycles. The number of amides is 2. The molecule has 27 heavy (non-hydrogen) atoms. The minimum absolute atomic E-state index is 0.111. The number of hydrogen-bond donors (Lipinski definition) is 2. The lowest BCUT2D eigenvalue weighted by molar-refractivity contribution is -0.137. The van der Waals surface area contributed by atoms with Gasteiger partial charge in [0.25, 0.3) is 5.91 Å². The number of benzene rings is 1. The summed E-state index contributed by atoms with van der Waals surface area (Å²) in [4.78, 5) is 25.2. The molecule has 3 rings (SSSR count). The Morgan fingerprint density at radius 2 is 2.04 bits per heavy atom. The maximum Gasteiger partial charge on any atom is 0.417 e. The number of aryl methyl sites for hydroxylation is 1. The average Bonchev–Trinajstić information content (AvgIpc) is 3.13. The molecule has 0 atom stereocenters. The molecule has 2 amide bonds. The second-order valence-corrected chi connectivity index (χ2v) is 8.46. The van der Waals surface area contributed by atoms with Crippen LogP contribution in [-0.2, 0) is 23.8 Å². The third-order valence-corrected chi connectivity index (χ3v) is 6.56. The molecule has 0 bridgehead atoms. The molecule has 144 valence electrons. The first kappa shape index (κ1) is 20.0. The molecule has 1 aromatic heterocycles. The standard InChI is InChI=1S/C17H14ClF3N2O2S2/c18-11-5-4-8(6-10(11)17(19,20)21)26-7-13(24)23-16-14(15(22)25)9-2-1-3-12(9)27-16/h4-6H,1-3,7H2,(H2,22,25)(H,23,24). The molecule has 0 saturated carbocycles. The first-order valence-corrected chi connectivity index (χ1v) is 10.1. The average molecular weight is 435 g/mol. The first-order chi connectivity index (χ1) is 12.7. The second-order valence-electron chi connectivity index (χ2n) is 5.90. The Hall–Kier alpha value is -1.71. The maximum absolute atomic E-state index is 12.9. The van der Waals surface area contributed by atoms with Crippen molar-refractivity contribution in [2.45, 2.75) is 30.3 Å². The Kier molecular flexibility index (Phi) is 5.73. The van der Waals surface area contributed by atoms with Gasteiger partial charge in [-0.15, -0.1) is 23.1 Å². The number of thiophene rings is 1. The van der Waals surface area contributed by atoms with Gasteiger partial charge in [-0.05, 0) is 43.0 Å². The lowest BCUT2D eigenvalue weighted by Gasteiger charge is -2.11. The molecule has 1 aliphatic rings. The van der Waals surface area contributed by atoms with E-state index in [-0.39, 0.29) is 10.6 Å². The molecule has 0 radical (unpaired) electrons. The van der Waals surface area contributed by atoms with Gasteiger partial charge < -0.3 is 11.1 Å². The fraction of sp³-hybridized carbons (Fsp3) is 0.294. The van der Waals surface area contributed by atoms with Crippen molar-refractivity contribution in [3.63, 3.8) is 0 Å². The zero-order chi connectivity index (χ0) is 19.8. The van der Waals surface area contributed by atoms with Crippen LogP contribution in [0.3, 0.4) is 0 Å². The van der Waals surface area contributed by atoms with Gasteiger partial charge in [0.1, 0.15) is 5.00 Å². The van der Waals surface area contributed by atoms with E-state index >= 15 is 0 Å². The summed E-state index contributed by atoms with van der Waals surface area (Å²) >= 11 is 7.86. The van der Waals surface area contributed by atoms with Crippen molar-refractivity contribution in [1.29, 1.82) is 0 Å². The predicted octanol–water partition coefficient (Wildman–Crippen LogP) is 4.74. The van der Waals surface area contributed by atoms with Crippen molar-refractivity contribution in [3.8, 4) is 0 Å². The molecule has 1 heterocycles. The van der Waals surface area contributed by atoms with Gasteiger partial charge in [-0.25, -0.2) is 0 Å². The summed E-state index contributed by atoms with van der Waals surface area (Å²) in [6.45, 7) is 0. The van der Waals surface area contributed by atoms with Crippen molar-refractivity contribution in [2.75, 3.05) is 11.1 Å². The minimum Gasteiger partial charge on any atom is -0.365 e. The number of alkyl halides is 3. The Bertz CT molecular complexity index is 912. The molecule has 4 nitrogen and oxygen atoms in total. The smallest absolute Gasteiger partial charge is 0.365 e. The Morgan fingerprint density at radius 3 is 2.70 bits per heavy atom. The van der Waals surface area contributed by atoms with E-state index in [2.05, 4.69) is 5.32 Å². The summed E-state index contributed by atoms with van der Waals surface area (Å²) in [7, 11) is 0. The zero-order valence-electron chi connectivity index (χ0n) is 13.8. The molecule has 0 fully saturated rings. The lowest BCUT2D eigenvalue weighted by Crippen LogP contribution is -2.18. The number of fused-ring (bicyclic) bond motifs is 1. The van der Waals surface area contributed by atoms with Crippen molar-refractivity contribution < 1.29 is 22.8 Å². The SMILES string of the molecule is NC(=O)c1c(NC(=O)CSc2ccc(Cl)c(C(F)(F)F)c2)sc2c1CCC2. The zero-order valence-corrected chi connectivity index (χ0v) is 16.2. The molecule has 0 unspecified atom stereocenters. The van der Waals surface area contributed by atoms with Crippen molar-refractivity contribution in [2.24, 2.45) is 5.73 Å². The van der Waals surface area contributed by atoms with Crippen LogP contribution in [-0.4, -0.2) is 17.6 Å². The van der Waals surface area contributed by atoms with E-state index in [9.17, 15) is 22.8 Å². The van der Waals surface area contributed by atoms with Gasteiger partial charge in [-0.2, -0.15) is 13.2 Å². The predicted molar refractivity (Wildman–Crippen MR) is 101 cm³/mol. The minimum atomic E-state index is -4.57. The fourth-order valence-electron chi connectivity index (χ4n) is 2.88. The van der Waals surface area contributed by atoms with Crippen LogP contribution in [0.25, 0.3) is 0 Å². The number of anilines is 1. The third kappa shape index (κ3) is 4.41. The van der Waals surface area contributed by atoms with E-state index < -0.39 is 28.6 Å². The van der Waals surface area contributed by atoms with Crippen LogP contribution in [0, 0.1) is 0 Å². The highest BCUT2D eigenvalue weighted by Crippen LogP contribution is 2.39. The third-order valence-electron chi connectivity index (χ3n) is 4.03. The molecule has 1 aliphatic carbocycles. The number of hydrogen-bond acceptors (Lipinski definition) is 4. The van der Waals surface area contributed by atoms with E-state index in [4.69, 9.17) is 17.3 Å². The molecular formula is C17H14ClF3N2O2S2. The summed E-state index contributed by atoms with van der Waals surface area (Å²) in [6.07, 6.45) is -2.02. The molecule has 0 aliphatic heterocycles. The number of rotatable bonds is 5. The highest BCUT2D eigenvalue weighted by Gasteiger charge is 2.33. The van der Waals surface area contributed by atoms with Gasteiger partial charge in [0.15, 0.2) is 0 Å². The van der Waals surface area contributed by atoms with Crippen molar-refractivity contribution in [1.82, 2.24) is 0 Å². The largest absolute Gasteiger partial charge is 0.417 e. The van der Waals surface area contributed by atoms with Crippen LogP contribution in [0.1, 0.15) is 32.8 Å². The van der Waals surface area contributed by atoms with Crippen LogP contribution in [0.15, 0.2) is 23.1 Å². The normalized spacial score (nSPS) is 13.5.